The van der Waals surface area contributed by atoms with Crippen molar-refractivity contribution in [3.8, 4) is 5.75 Å². The monoisotopic (exact) mass is 656 g/mol. The molecule has 3 aromatic rings. The van der Waals surface area contributed by atoms with Gasteiger partial charge in [0.15, 0.2) is 5.54 Å². The minimum absolute atomic E-state index is 0.0880. The van der Waals surface area contributed by atoms with E-state index in [9.17, 15) is 14.4 Å². The van der Waals surface area contributed by atoms with Gasteiger partial charge in [-0.05, 0) is 48.5 Å². The Morgan fingerprint density at radius 1 is 1.10 bits per heavy atom. The Kier molecular flexibility index (Phi) is 6.90. The highest BCUT2D eigenvalue weighted by Crippen LogP contribution is 2.35. The Morgan fingerprint density at radius 3 is 2.58 bits per heavy atom. The molecule has 3 aliphatic rings. The number of likely N-dealkylation sites (N-methyl/N-ethyl adjacent to an activating group) is 1. The van der Waals surface area contributed by atoms with Crippen LogP contribution in [-0.2, 0) is 16.9 Å². The molecule has 208 valence electrons. The molecule has 2 fully saturated rings. The molecule has 1 atom stereocenters. The molecule has 40 heavy (non-hydrogen) atoms. The van der Waals surface area contributed by atoms with Crippen molar-refractivity contribution in [2.75, 3.05) is 46.4 Å². The molecule has 0 radical (unpaired) electrons. The number of carbonyl (C=O) groups excluding carboxylic acids is 3. The average molecular weight is 656 g/mol. The summed E-state index contributed by atoms with van der Waals surface area (Å²) in [5, 5.41) is 5.85. The summed E-state index contributed by atoms with van der Waals surface area (Å²) in [7, 11) is 1.54. The van der Waals surface area contributed by atoms with E-state index < -0.39 is 17.5 Å². The van der Waals surface area contributed by atoms with E-state index >= 15 is 0 Å². The lowest BCUT2D eigenvalue weighted by Crippen LogP contribution is -2.52. The summed E-state index contributed by atoms with van der Waals surface area (Å²) >= 11 is 2.03. The topological polar surface area (TPSA) is 120 Å². The van der Waals surface area contributed by atoms with E-state index in [0.717, 1.165) is 55.1 Å². The summed E-state index contributed by atoms with van der Waals surface area (Å²) in [5.41, 5.74) is 1.27. The first kappa shape index (κ1) is 26.6. The number of nitrogens with zero attached hydrogens (tertiary/aromatic N) is 4. The second kappa shape index (κ2) is 10.4. The Hall–Kier alpha value is -3.65. The minimum atomic E-state index is -1.57. The molecule has 2 saturated heterocycles. The summed E-state index contributed by atoms with van der Waals surface area (Å²) in [6.07, 6.45) is 0. The van der Waals surface area contributed by atoms with Gasteiger partial charge in [0, 0.05) is 49.2 Å². The number of amides is 4. The quantitative estimate of drug-likeness (QED) is 0.181. The van der Waals surface area contributed by atoms with Gasteiger partial charge >= 0.3 is 6.03 Å². The maximum atomic E-state index is 13.3. The van der Waals surface area contributed by atoms with E-state index in [2.05, 4.69) is 30.6 Å². The number of halogens is 1. The summed E-state index contributed by atoms with van der Waals surface area (Å²) in [4.78, 5) is 45.2. The molecular weight excluding hydrogens is 627 g/mol. The van der Waals surface area contributed by atoms with Gasteiger partial charge in [-0.15, -0.1) is 0 Å². The predicted octanol–water partition coefficient (Wildman–Crippen LogP) is 2.87. The lowest BCUT2D eigenvalue weighted by atomic mass is 9.95. The number of hydrogen-bond acceptors (Lipinski definition) is 7. The van der Waals surface area contributed by atoms with Gasteiger partial charge in [-0.3, -0.25) is 14.9 Å². The highest BCUT2D eigenvalue weighted by atomic mass is 127. The van der Waals surface area contributed by atoms with Crippen LogP contribution in [-0.4, -0.2) is 84.8 Å². The van der Waals surface area contributed by atoms with Gasteiger partial charge < -0.3 is 29.2 Å². The molecule has 0 unspecified atom stereocenters. The molecule has 0 saturated carbocycles. The minimum Gasteiger partial charge on any atom is -0.497 e. The average Bonchev–Trinajstić information content (AvgIpc) is 3.62. The normalized spacial score (nSPS) is 21.7. The van der Waals surface area contributed by atoms with Crippen LogP contribution in [0.25, 0.3) is 11.0 Å². The van der Waals surface area contributed by atoms with Crippen LogP contribution < -0.4 is 15.4 Å². The van der Waals surface area contributed by atoms with Gasteiger partial charge in [-0.2, -0.15) is 3.21 Å². The second-order valence-electron chi connectivity index (χ2n) is 10.2. The Balaban J connectivity index is 1.31. The number of urea groups is 1. The number of methoxy groups -OCH3 is 1. The number of furan rings is 1. The van der Waals surface area contributed by atoms with Crippen molar-refractivity contribution < 1.29 is 23.5 Å². The first-order chi connectivity index (χ1) is 19.3. The fraction of sp³-hybridized carbons (Fsp3) is 0.357. The van der Waals surface area contributed by atoms with E-state index in [1.54, 1.807) is 30.2 Å². The zero-order valence-electron chi connectivity index (χ0n) is 22.2. The SMILES string of the molecule is CCN1CCN(/C(=N\I)c2ccc3oc([C@]4(CN5Cc6ccc(OC)cc6C5=O)NC(=O)NC4=O)cc3c2)CC1. The lowest BCUT2D eigenvalue weighted by Gasteiger charge is -2.35. The lowest BCUT2D eigenvalue weighted by molar-refractivity contribution is -0.125. The van der Waals surface area contributed by atoms with E-state index in [1.807, 2.05) is 47.1 Å². The molecule has 6 rings (SSSR count). The van der Waals surface area contributed by atoms with Crippen LogP contribution in [0.5, 0.6) is 5.75 Å². The second-order valence-corrected chi connectivity index (χ2v) is 10.7. The van der Waals surface area contributed by atoms with Crippen molar-refractivity contribution in [2.24, 2.45) is 3.21 Å². The van der Waals surface area contributed by atoms with Crippen LogP contribution in [0.15, 0.2) is 50.1 Å². The number of carbonyl (C=O) groups is 3. The number of ether oxygens (including phenoxy) is 1. The number of hydrogen-bond donors (Lipinski definition) is 2. The summed E-state index contributed by atoms with van der Waals surface area (Å²) in [6.45, 7) is 7.15. The molecule has 3 aliphatic heterocycles. The summed E-state index contributed by atoms with van der Waals surface area (Å²) < 4.78 is 16.0. The summed E-state index contributed by atoms with van der Waals surface area (Å²) in [6, 6.07) is 12.2. The number of benzene rings is 2. The molecule has 4 heterocycles. The zero-order chi connectivity index (χ0) is 28.0. The van der Waals surface area contributed by atoms with E-state index in [1.165, 1.54) is 0 Å². The van der Waals surface area contributed by atoms with E-state index in [4.69, 9.17) is 9.15 Å². The van der Waals surface area contributed by atoms with Gasteiger partial charge in [-0.1, -0.05) is 13.0 Å². The fourth-order valence-corrected chi connectivity index (χ4v) is 6.27. The molecule has 11 nitrogen and oxygen atoms in total. The molecule has 0 bridgehead atoms. The molecule has 2 aromatic carbocycles. The fourth-order valence-electron chi connectivity index (χ4n) is 5.69. The number of fused-ring (bicyclic) bond motifs is 2. The van der Waals surface area contributed by atoms with Crippen LogP contribution in [0.2, 0.25) is 0 Å². The third-order valence-corrected chi connectivity index (χ3v) is 8.42. The van der Waals surface area contributed by atoms with Crippen LogP contribution >= 0.6 is 22.9 Å². The molecule has 0 aliphatic carbocycles. The van der Waals surface area contributed by atoms with Crippen molar-refractivity contribution in [1.29, 1.82) is 0 Å². The van der Waals surface area contributed by atoms with Crippen molar-refractivity contribution in [3.63, 3.8) is 0 Å². The largest absolute Gasteiger partial charge is 0.497 e. The van der Waals surface area contributed by atoms with Crippen LogP contribution in [0.3, 0.4) is 0 Å². The van der Waals surface area contributed by atoms with Gasteiger partial charge in [-0.25, -0.2) is 4.79 Å². The standard InChI is InChI=1S/C28H29IN6O5/c1-3-33-8-10-34(11-9-33)24(32-29)17-5-7-22-19(12-17)13-23(40-22)28(26(37)30-27(38)31-28)16-35-15-18-4-6-20(39-2)14-21(18)25(35)36/h4-7,12-14H,3,8-11,15-16H2,1-2H3,(H2,30,31,37,38)/b32-24-/t28-/m0/s1. The summed E-state index contributed by atoms with van der Waals surface area (Å²) in [5.74, 6) is 0.908. The zero-order valence-corrected chi connectivity index (χ0v) is 24.4. The molecule has 1 aromatic heterocycles. The molecule has 4 amide bonds. The molecular formula is C28H29IN6O5. The van der Waals surface area contributed by atoms with Gasteiger partial charge in [0.1, 0.15) is 22.9 Å². The van der Waals surface area contributed by atoms with Gasteiger partial charge in [0.25, 0.3) is 11.8 Å². The first-order valence-electron chi connectivity index (χ1n) is 13.2. The maximum Gasteiger partial charge on any atom is 0.322 e. The third-order valence-electron chi connectivity index (χ3n) is 7.96. The van der Waals surface area contributed by atoms with Crippen LogP contribution in [0.1, 0.15) is 34.2 Å². The van der Waals surface area contributed by atoms with E-state index in [0.29, 0.717) is 23.4 Å². The number of imide groups is 1. The van der Waals surface area contributed by atoms with Crippen molar-refractivity contribution in [3.05, 3.63) is 64.9 Å². The Morgan fingerprint density at radius 2 is 1.90 bits per heavy atom. The van der Waals surface area contributed by atoms with Crippen molar-refractivity contribution >= 4 is 57.5 Å². The predicted molar refractivity (Wildman–Crippen MR) is 157 cm³/mol. The molecule has 0 spiro atoms. The maximum absolute atomic E-state index is 13.3. The smallest absolute Gasteiger partial charge is 0.322 e. The third kappa shape index (κ3) is 4.48. The van der Waals surface area contributed by atoms with Crippen LogP contribution in [0, 0.1) is 0 Å². The highest BCUT2D eigenvalue weighted by molar-refractivity contribution is 14.1. The van der Waals surface area contributed by atoms with Gasteiger partial charge in [0.2, 0.25) is 0 Å². The molecule has 2 N–H and O–H groups in total. The van der Waals surface area contributed by atoms with Crippen molar-refractivity contribution in [2.45, 2.75) is 19.0 Å². The van der Waals surface area contributed by atoms with Gasteiger partial charge in [0.05, 0.1) is 36.5 Å². The number of nitrogens with one attached hydrogen (secondary N) is 2. The van der Waals surface area contributed by atoms with Crippen LogP contribution in [0.4, 0.5) is 4.79 Å². The number of piperazine rings is 1. The Labute approximate surface area is 245 Å². The van der Waals surface area contributed by atoms with E-state index in [-0.39, 0.29) is 18.2 Å². The van der Waals surface area contributed by atoms with Crippen molar-refractivity contribution in [1.82, 2.24) is 25.3 Å². The number of amidine groups is 1. The molecule has 12 heteroatoms. The number of rotatable bonds is 6. The first-order valence-corrected chi connectivity index (χ1v) is 14.1. The Bertz CT molecular complexity index is 1550. The highest BCUT2D eigenvalue weighted by Gasteiger charge is 2.53.